The van der Waals surface area contributed by atoms with Crippen LogP contribution in [0, 0.1) is 0 Å². The number of hydrogen-bond acceptors (Lipinski definition) is 4. The van der Waals surface area contributed by atoms with E-state index in [4.69, 9.17) is 4.74 Å². The molecular formula is C9H13N3O. The molecule has 4 heteroatoms. The fourth-order valence-electron chi connectivity index (χ4n) is 1.40. The second-order valence-electron chi connectivity index (χ2n) is 3.05. The Hall–Kier alpha value is -1.00. The van der Waals surface area contributed by atoms with E-state index in [1.807, 2.05) is 6.07 Å². The van der Waals surface area contributed by atoms with Crippen LogP contribution in [0.25, 0.3) is 0 Å². The largest absolute Gasteiger partial charge is 0.371 e. The van der Waals surface area contributed by atoms with Crippen LogP contribution in [-0.4, -0.2) is 29.7 Å². The molecule has 13 heavy (non-hydrogen) atoms. The molecule has 0 aromatic carbocycles. The first-order valence-corrected chi connectivity index (χ1v) is 4.55. The van der Waals surface area contributed by atoms with Crippen LogP contribution in [0.5, 0.6) is 0 Å². The molecule has 0 saturated carbocycles. The van der Waals surface area contributed by atoms with Gasteiger partial charge in [-0.3, -0.25) is 0 Å². The Morgan fingerprint density at radius 2 is 2.54 bits per heavy atom. The first-order valence-electron chi connectivity index (χ1n) is 4.55. The molecule has 1 saturated heterocycles. The van der Waals surface area contributed by atoms with Gasteiger partial charge in [0.2, 0.25) is 0 Å². The Kier molecular flexibility index (Phi) is 2.84. The van der Waals surface area contributed by atoms with Crippen molar-refractivity contribution in [1.82, 2.24) is 15.3 Å². The number of nitrogens with zero attached hydrogens (tertiary/aromatic N) is 2. The van der Waals surface area contributed by atoms with Gasteiger partial charge in [0.15, 0.2) is 0 Å². The lowest BCUT2D eigenvalue weighted by atomic mass is 10.2. The standard InChI is InChI=1S/C9H13N3O/c1-3-10-6-9(13-5-1)8-2-4-11-7-12-8/h2,4,7,9-10H,1,3,5-6H2/t9-/m1/s1. The Morgan fingerprint density at radius 1 is 1.54 bits per heavy atom. The number of rotatable bonds is 1. The van der Waals surface area contributed by atoms with E-state index >= 15 is 0 Å². The summed E-state index contributed by atoms with van der Waals surface area (Å²) in [6.45, 7) is 2.68. The Bertz CT molecular complexity index is 244. The van der Waals surface area contributed by atoms with E-state index < -0.39 is 0 Å². The van der Waals surface area contributed by atoms with E-state index in [-0.39, 0.29) is 6.10 Å². The summed E-state index contributed by atoms with van der Waals surface area (Å²) in [7, 11) is 0. The lowest BCUT2D eigenvalue weighted by Gasteiger charge is -2.13. The zero-order chi connectivity index (χ0) is 8.93. The average Bonchev–Trinajstić information content (AvgIpc) is 2.47. The van der Waals surface area contributed by atoms with Gasteiger partial charge in [-0.25, -0.2) is 9.97 Å². The molecule has 1 N–H and O–H groups in total. The maximum absolute atomic E-state index is 5.64. The van der Waals surface area contributed by atoms with Crippen molar-refractivity contribution in [2.75, 3.05) is 19.7 Å². The zero-order valence-electron chi connectivity index (χ0n) is 7.44. The van der Waals surface area contributed by atoms with Gasteiger partial charge in [0.1, 0.15) is 12.4 Å². The molecule has 1 aromatic rings. The summed E-state index contributed by atoms with van der Waals surface area (Å²) in [6, 6.07) is 1.90. The van der Waals surface area contributed by atoms with Gasteiger partial charge in [0.05, 0.1) is 5.69 Å². The maximum atomic E-state index is 5.64. The molecule has 1 aliphatic rings. The number of hydrogen-bond donors (Lipinski definition) is 1. The lowest BCUT2D eigenvalue weighted by Crippen LogP contribution is -2.20. The van der Waals surface area contributed by atoms with Crippen molar-refractivity contribution in [3.05, 3.63) is 24.3 Å². The lowest BCUT2D eigenvalue weighted by molar-refractivity contribution is 0.0638. The molecule has 70 valence electrons. The van der Waals surface area contributed by atoms with Crippen molar-refractivity contribution in [2.45, 2.75) is 12.5 Å². The molecule has 1 fully saturated rings. The summed E-state index contributed by atoms with van der Waals surface area (Å²) >= 11 is 0. The molecule has 0 spiro atoms. The van der Waals surface area contributed by atoms with Crippen LogP contribution in [0.1, 0.15) is 18.2 Å². The quantitative estimate of drug-likeness (QED) is 0.683. The molecule has 2 rings (SSSR count). The van der Waals surface area contributed by atoms with Gasteiger partial charge in [0, 0.05) is 19.3 Å². The second kappa shape index (κ2) is 4.30. The second-order valence-corrected chi connectivity index (χ2v) is 3.05. The highest BCUT2D eigenvalue weighted by atomic mass is 16.5. The van der Waals surface area contributed by atoms with E-state index in [0.717, 1.165) is 31.8 Å². The summed E-state index contributed by atoms with van der Waals surface area (Å²) in [6.07, 6.45) is 4.47. The molecule has 0 bridgehead atoms. The first-order chi connectivity index (χ1) is 6.47. The van der Waals surface area contributed by atoms with E-state index in [0.29, 0.717) is 0 Å². The van der Waals surface area contributed by atoms with Crippen LogP contribution in [-0.2, 0) is 4.74 Å². The fraction of sp³-hybridized carbons (Fsp3) is 0.556. The van der Waals surface area contributed by atoms with Gasteiger partial charge in [-0.1, -0.05) is 0 Å². The minimum Gasteiger partial charge on any atom is -0.371 e. The van der Waals surface area contributed by atoms with Crippen LogP contribution >= 0.6 is 0 Å². The summed E-state index contributed by atoms with van der Waals surface area (Å²) in [5.41, 5.74) is 0.962. The highest BCUT2D eigenvalue weighted by molar-refractivity contribution is 5.03. The van der Waals surface area contributed by atoms with Gasteiger partial charge >= 0.3 is 0 Å². The predicted molar refractivity (Wildman–Crippen MR) is 48.2 cm³/mol. The van der Waals surface area contributed by atoms with Gasteiger partial charge < -0.3 is 10.1 Å². The van der Waals surface area contributed by atoms with Crippen LogP contribution in [0.4, 0.5) is 0 Å². The molecule has 1 atom stereocenters. The molecule has 0 aliphatic carbocycles. The van der Waals surface area contributed by atoms with E-state index in [1.54, 1.807) is 12.5 Å². The molecule has 1 aromatic heterocycles. The predicted octanol–water partition coefficient (Wildman–Crippen LogP) is 0.528. The van der Waals surface area contributed by atoms with Crippen LogP contribution in [0.15, 0.2) is 18.6 Å². The van der Waals surface area contributed by atoms with Crippen molar-refractivity contribution in [3.8, 4) is 0 Å². The molecule has 4 nitrogen and oxygen atoms in total. The SMILES string of the molecule is c1cc([C@H]2CNCCCO2)ncn1. The molecule has 0 unspecified atom stereocenters. The van der Waals surface area contributed by atoms with Crippen molar-refractivity contribution >= 4 is 0 Å². The van der Waals surface area contributed by atoms with Crippen LogP contribution in [0.3, 0.4) is 0 Å². The van der Waals surface area contributed by atoms with Crippen molar-refractivity contribution < 1.29 is 4.74 Å². The molecule has 2 heterocycles. The van der Waals surface area contributed by atoms with Crippen molar-refractivity contribution in [3.63, 3.8) is 0 Å². The van der Waals surface area contributed by atoms with E-state index in [9.17, 15) is 0 Å². The first kappa shape index (κ1) is 8.59. The van der Waals surface area contributed by atoms with Crippen molar-refractivity contribution in [1.29, 1.82) is 0 Å². The van der Waals surface area contributed by atoms with E-state index in [1.165, 1.54) is 0 Å². The minimum absolute atomic E-state index is 0.0884. The smallest absolute Gasteiger partial charge is 0.115 e. The fourth-order valence-corrected chi connectivity index (χ4v) is 1.40. The Balaban J connectivity index is 2.06. The monoisotopic (exact) mass is 179 g/mol. The third-order valence-corrected chi connectivity index (χ3v) is 2.08. The Morgan fingerprint density at radius 3 is 3.38 bits per heavy atom. The van der Waals surface area contributed by atoms with Gasteiger partial charge in [0.25, 0.3) is 0 Å². The molecular weight excluding hydrogens is 166 g/mol. The average molecular weight is 179 g/mol. The number of nitrogens with one attached hydrogen (secondary N) is 1. The van der Waals surface area contributed by atoms with Crippen LogP contribution in [0.2, 0.25) is 0 Å². The Labute approximate surface area is 77.4 Å². The maximum Gasteiger partial charge on any atom is 0.115 e. The van der Waals surface area contributed by atoms with Crippen molar-refractivity contribution in [2.24, 2.45) is 0 Å². The summed E-state index contributed by atoms with van der Waals surface area (Å²) in [5.74, 6) is 0. The van der Waals surface area contributed by atoms with Gasteiger partial charge in [-0.2, -0.15) is 0 Å². The molecule has 0 amide bonds. The zero-order valence-corrected chi connectivity index (χ0v) is 7.44. The number of aromatic nitrogens is 2. The highest BCUT2D eigenvalue weighted by Crippen LogP contribution is 2.14. The third kappa shape index (κ3) is 2.23. The highest BCUT2D eigenvalue weighted by Gasteiger charge is 2.14. The van der Waals surface area contributed by atoms with Gasteiger partial charge in [-0.15, -0.1) is 0 Å². The normalized spacial score (nSPS) is 23.8. The molecule has 0 radical (unpaired) electrons. The summed E-state index contributed by atoms with van der Waals surface area (Å²) in [4.78, 5) is 8.04. The summed E-state index contributed by atoms with van der Waals surface area (Å²) < 4.78 is 5.64. The number of ether oxygens (including phenoxy) is 1. The molecule has 1 aliphatic heterocycles. The minimum atomic E-state index is 0.0884. The van der Waals surface area contributed by atoms with Crippen LogP contribution < -0.4 is 5.32 Å². The van der Waals surface area contributed by atoms with Gasteiger partial charge in [-0.05, 0) is 19.0 Å². The summed E-state index contributed by atoms with van der Waals surface area (Å²) in [5, 5.41) is 3.31. The topological polar surface area (TPSA) is 47.0 Å². The van der Waals surface area contributed by atoms with E-state index in [2.05, 4.69) is 15.3 Å². The third-order valence-electron chi connectivity index (χ3n) is 2.08.